The Morgan fingerprint density at radius 1 is 1.39 bits per heavy atom. The van der Waals surface area contributed by atoms with Gasteiger partial charge in [0.05, 0.1) is 6.07 Å². The van der Waals surface area contributed by atoms with Gasteiger partial charge in [0, 0.05) is 18.2 Å². The first-order chi connectivity index (χ1) is 8.71. The van der Waals surface area contributed by atoms with Gasteiger partial charge >= 0.3 is 0 Å². The van der Waals surface area contributed by atoms with E-state index >= 15 is 0 Å². The van der Waals surface area contributed by atoms with Gasteiger partial charge in [-0.15, -0.1) is 0 Å². The van der Waals surface area contributed by atoms with Crippen LogP contribution in [0.4, 0.5) is 0 Å². The van der Waals surface area contributed by atoms with Gasteiger partial charge in [-0.2, -0.15) is 5.26 Å². The third-order valence-corrected chi connectivity index (χ3v) is 3.14. The molecule has 0 saturated heterocycles. The molecule has 1 rings (SSSR count). The van der Waals surface area contributed by atoms with Crippen LogP contribution in [0, 0.1) is 11.3 Å². The molecule has 1 N–H and O–H groups in total. The highest BCUT2D eigenvalue weighted by Gasteiger charge is 2.05. The lowest BCUT2D eigenvalue weighted by Gasteiger charge is -2.17. The standard InChI is InChI=1S/C16H22N2/c1-4-16(5-2)18-13(3)15-10-8-14(9-11-15)7-6-12-17/h4,8-11,13,18H,5-7H2,1-3H3/b16-4-. The second-order valence-electron chi connectivity index (χ2n) is 4.43. The summed E-state index contributed by atoms with van der Waals surface area (Å²) in [6, 6.07) is 11.0. The number of allylic oxidation sites excluding steroid dienone is 2. The highest BCUT2D eigenvalue weighted by Crippen LogP contribution is 2.16. The van der Waals surface area contributed by atoms with Gasteiger partial charge in [0.15, 0.2) is 0 Å². The molecule has 0 bridgehead atoms. The van der Waals surface area contributed by atoms with Gasteiger partial charge in [0.1, 0.15) is 0 Å². The summed E-state index contributed by atoms with van der Waals surface area (Å²) in [7, 11) is 0. The molecule has 0 spiro atoms. The Hall–Kier alpha value is -1.75. The number of aryl methyl sites for hydroxylation is 1. The number of rotatable bonds is 6. The zero-order valence-corrected chi connectivity index (χ0v) is 11.5. The minimum atomic E-state index is 0.321. The zero-order valence-electron chi connectivity index (χ0n) is 11.5. The molecule has 0 saturated carbocycles. The van der Waals surface area contributed by atoms with Crippen molar-refractivity contribution < 1.29 is 0 Å². The summed E-state index contributed by atoms with van der Waals surface area (Å²) in [6.45, 7) is 6.38. The molecular weight excluding hydrogens is 220 g/mol. The Morgan fingerprint density at radius 3 is 2.56 bits per heavy atom. The summed E-state index contributed by atoms with van der Waals surface area (Å²) < 4.78 is 0. The fourth-order valence-corrected chi connectivity index (χ4v) is 1.92. The molecular formula is C16H22N2. The maximum atomic E-state index is 8.56. The van der Waals surface area contributed by atoms with Crippen LogP contribution in [0.2, 0.25) is 0 Å². The number of hydrogen-bond acceptors (Lipinski definition) is 2. The lowest BCUT2D eigenvalue weighted by molar-refractivity contribution is 0.635. The zero-order chi connectivity index (χ0) is 13.4. The topological polar surface area (TPSA) is 35.8 Å². The summed E-state index contributed by atoms with van der Waals surface area (Å²) >= 11 is 0. The van der Waals surface area contributed by atoms with Crippen molar-refractivity contribution in [1.82, 2.24) is 5.32 Å². The molecule has 0 aliphatic heterocycles. The fraction of sp³-hybridized carbons (Fsp3) is 0.438. The Balaban J connectivity index is 2.64. The quantitative estimate of drug-likeness (QED) is 0.815. The average Bonchev–Trinajstić information content (AvgIpc) is 2.42. The van der Waals surface area contributed by atoms with Crippen molar-refractivity contribution >= 4 is 0 Å². The molecule has 0 fully saturated rings. The average molecular weight is 242 g/mol. The van der Waals surface area contributed by atoms with E-state index in [0.717, 1.165) is 12.8 Å². The van der Waals surface area contributed by atoms with Gasteiger partial charge in [-0.3, -0.25) is 0 Å². The molecule has 0 radical (unpaired) electrons. The Morgan fingerprint density at radius 2 is 2.06 bits per heavy atom. The van der Waals surface area contributed by atoms with E-state index in [-0.39, 0.29) is 0 Å². The third-order valence-electron chi connectivity index (χ3n) is 3.14. The lowest BCUT2D eigenvalue weighted by Crippen LogP contribution is -2.17. The molecule has 2 heteroatoms. The van der Waals surface area contributed by atoms with Gasteiger partial charge in [0.2, 0.25) is 0 Å². The molecule has 2 nitrogen and oxygen atoms in total. The molecule has 18 heavy (non-hydrogen) atoms. The SMILES string of the molecule is C/C=C(/CC)NC(C)c1ccc(CCC#N)cc1. The third kappa shape index (κ3) is 4.25. The first kappa shape index (κ1) is 14.3. The van der Waals surface area contributed by atoms with E-state index < -0.39 is 0 Å². The molecule has 96 valence electrons. The van der Waals surface area contributed by atoms with Crippen LogP contribution in [-0.4, -0.2) is 0 Å². The van der Waals surface area contributed by atoms with Gasteiger partial charge in [-0.05, 0) is 37.8 Å². The van der Waals surface area contributed by atoms with E-state index in [1.165, 1.54) is 16.8 Å². The highest BCUT2D eigenvalue weighted by molar-refractivity contribution is 5.25. The fourth-order valence-electron chi connectivity index (χ4n) is 1.92. The highest BCUT2D eigenvalue weighted by atomic mass is 14.9. The van der Waals surface area contributed by atoms with Crippen LogP contribution in [0.5, 0.6) is 0 Å². The summed E-state index contributed by atoms with van der Waals surface area (Å²) in [6.07, 6.45) is 4.58. The van der Waals surface area contributed by atoms with Crippen LogP contribution in [0.1, 0.15) is 50.8 Å². The van der Waals surface area contributed by atoms with Crippen molar-refractivity contribution in [3.63, 3.8) is 0 Å². The van der Waals surface area contributed by atoms with E-state index in [2.05, 4.69) is 62.5 Å². The van der Waals surface area contributed by atoms with Crippen molar-refractivity contribution in [2.75, 3.05) is 0 Å². The molecule has 0 aliphatic carbocycles. The first-order valence-corrected chi connectivity index (χ1v) is 6.58. The Bertz CT molecular complexity index is 423. The molecule has 0 aromatic heterocycles. The van der Waals surface area contributed by atoms with E-state index in [9.17, 15) is 0 Å². The van der Waals surface area contributed by atoms with Crippen LogP contribution < -0.4 is 5.32 Å². The molecule has 1 atom stereocenters. The second kappa shape index (κ2) is 7.55. The summed E-state index contributed by atoms with van der Waals surface area (Å²) in [5.74, 6) is 0. The van der Waals surface area contributed by atoms with Crippen LogP contribution in [0.3, 0.4) is 0 Å². The molecule has 0 amide bonds. The second-order valence-corrected chi connectivity index (χ2v) is 4.43. The van der Waals surface area contributed by atoms with Gasteiger partial charge in [0.25, 0.3) is 0 Å². The number of nitrogens with one attached hydrogen (secondary N) is 1. The number of hydrogen-bond donors (Lipinski definition) is 1. The van der Waals surface area contributed by atoms with E-state index in [1.807, 2.05) is 0 Å². The molecule has 0 heterocycles. The Kier molecular flexibility index (Phi) is 6.00. The van der Waals surface area contributed by atoms with E-state index in [0.29, 0.717) is 12.5 Å². The largest absolute Gasteiger partial charge is 0.382 e. The van der Waals surface area contributed by atoms with Crippen LogP contribution in [-0.2, 0) is 6.42 Å². The number of nitriles is 1. The summed E-state index contributed by atoms with van der Waals surface area (Å²) in [5, 5.41) is 12.1. The Labute approximate surface area is 110 Å². The van der Waals surface area contributed by atoms with E-state index in [1.54, 1.807) is 0 Å². The predicted octanol–water partition coefficient (Wildman–Crippen LogP) is 4.11. The maximum Gasteiger partial charge on any atom is 0.0625 e. The summed E-state index contributed by atoms with van der Waals surface area (Å²) in [5.41, 5.74) is 3.79. The van der Waals surface area contributed by atoms with Crippen molar-refractivity contribution in [2.24, 2.45) is 0 Å². The molecule has 0 aliphatic rings. The van der Waals surface area contributed by atoms with Crippen molar-refractivity contribution in [3.8, 4) is 6.07 Å². The monoisotopic (exact) mass is 242 g/mol. The lowest BCUT2D eigenvalue weighted by atomic mass is 10.0. The minimum Gasteiger partial charge on any atom is -0.382 e. The first-order valence-electron chi connectivity index (χ1n) is 6.58. The number of benzene rings is 1. The predicted molar refractivity (Wildman–Crippen MR) is 76.0 cm³/mol. The van der Waals surface area contributed by atoms with E-state index in [4.69, 9.17) is 5.26 Å². The molecule has 1 aromatic rings. The maximum absolute atomic E-state index is 8.56. The minimum absolute atomic E-state index is 0.321. The van der Waals surface area contributed by atoms with Crippen LogP contribution in [0.25, 0.3) is 0 Å². The van der Waals surface area contributed by atoms with Gasteiger partial charge in [-0.1, -0.05) is 37.3 Å². The number of nitrogens with zero attached hydrogens (tertiary/aromatic N) is 1. The molecule has 1 unspecified atom stereocenters. The molecule has 1 aromatic carbocycles. The van der Waals surface area contributed by atoms with Crippen molar-refractivity contribution in [3.05, 3.63) is 47.2 Å². The van der Waals surface area contributed by atoms with Gasteiger partial charge in [-0.25, -0.2) is 0 Å². The summed E-state index contributed by atoms with van der Waals surface area (Å²) in [4.78, 5) is 0. The van der Waals surface area contributed by atoms with Crippen LogP contribution >= 0.6 is 0 Å². The smallest absolute Gasteiger partial charge is 0.0625 e. The van der Waals surface area contributed by atoms with Crippen molar-refractivity contribution in [2.45, 2.75) is 46.1 Å². The normalized spacial score (nSPS) is 12.9. The van der Waals surface area contributed by atoms with Crippen LogP contribution in [0.15, 0.2) is 36.0 Å². The van der Waals surface area contributed by atoms with Crippen molar-refractivity contribution in [1.29, 1.82) is 5.26 Å². The van der Waals surface area contributed by atoms with Gasteiger partial charge < -0.3 is 5.32 Å².